The first-order valence-electron chi connectivity index (χ1n) is 5.83. The van der Waals surface area contributed by atoms with Gasteiger partial charge in [-0.15, -0.1) is 22.7 Å². The van der Waals surface area contributed by atoms with Crippen LogP contribution in [0.1, 0.15) is 22.2 Å². The standard InChI is InChI=1S/C12H15N3O2S2/c1-8-7-13-12(19-8)15-11(17)14-9(4-5-16)10-3-2-6-18-10/h2-3,6-7,9,16H,4-5H2,1H3,(H2,13,14,15,17)/t9-/m0/s1. The van der Waals surface area contributed by atoms with Crippen molar-refractivity contribution in [2.75, 3.05) is 11.9 Å². The lowest BCUT2D eigenvalue weighted by Crippen LogP contribution is -2.32. The smallest absolute Gasteiger partial charge is 0.321 e. The molecule has 0 aromatic carbocycles. The van der Waals surface area contributed by atoms with Crippen LogP contribution in [0.2, 0.25) is 0 Å². The van der Waals surface area contributed by atoms with Crippen LogP contribution in [0.3, 0.4) is 0 Å². The fourth-order valence-electron chi connectivity index (χ4n) is 1.61. The number of hydrogen-bond acceptors (Lipinski definition) is 5. The zero-order chi connectivity index (χ0) is 13.7. The average Bonchev–Trinajstić information content (AvgIpc) is 3.00. The minimum Gasteiger partial charge on any atom is -0.396 e. The highest BCUT2D eigenvalue weighted by molar-refractivity contribution is 7.15. The van der Waals surface area contributed by atoms with Gasteiger partial charge in [0.15, 0.2) is 5.13 Å². The molecule has 0 aliphatic heterocycles. The van der Waals surface area contributed by atoms with Crippen LogP contribution in [0, 0.1) is 6.92 Å². The average molecular weight is 297 g/mol. The largest absolute Gasteiger partial charge is 0.396 e. The predicted octanol–water partition coefficient (Wildman–Crippen LogP) is 2.76. The number of aromatic nitrogens is 1. The van der Waals surface area contributed by atoms with Gasteiger partial charge in [-0.05, 0) is 24.8 Å². The Morgan fingerprint density at radius 1 is 1.58 bits per heavy atom. The van der Waals surface area contributed by atoms with Crippen molar-refractivity contribution in [3.8, 4) is 0 Å². The van der Waals surface area contributed by atoms with E-state index >= 15 is 0 Å². The molecule has 2 heterocycles. The Labute approximate surface area is 119 Å². The Morgan fingerprint density at radius 3 is 3.00 bits per heavy atom. The Bertz CT molecular complexity index is 525. The number of rotatable bonds is 5. The van der Waals surface area contributed by atoms with Crippen molar-refractivity contribution in [1.82, 2.24) is 10.3 Å². The van der Waals surface area contributed by atoms with E-state index < -0.39 is 0 Å². The number of amides is 2. The number of aliphatic hydroxyl groups excluding tert-OH is 1. The molecule has 0 unspecified atom stereocenters. The summed E-state index contributed by atoms with van der Waals surface area (Å²) in [5.41, 5.74) is 0. The van der Waals surface area contributed by atoms with Crippen molar-refractivity contribution in [2.24, 2.45) is 0 Å². The van der Waals surface area contributed by atoms with Crippen molar-refractivity contribution in [1.29, 1.82) is 0 Å². The highest BCUT2D eigenvalue weighted by Gasteiger charge is 2.15. The van der Waals surface area contributed by atoms with Gasteiger partial charge in [-0.1, -0.05) is 6.07 Å². The van der Waals surface area contributed by atoms with E-state index in [1.807, 2.05) is 24.4 Å². The monoisotopic (exact) mass is 297 g/mol. The van der Waals surface area contributed by atoms with Crippen molar-refractivity contribution in [2.45, 2.75) is 19.4 Å². The molecule has 2 aromatic rings. The Hall–Kier alpha value is -1.44. The van der Waals surface area contributed by atoms with E-state index in [0.717, 1.165) is 9.75 Å². The first kappa shape index (κ1) is 14.0. The van der Waals surface area contributed by atoms with Crippen LogP contribution in [-0.2, 0) is 0 Å². The number of hydrogen-bond donors (Lipinski definition) is 3. The van der Waals surface area contributed by atoms with Gasteiger partial charge in [0.1, 0.15) is 0 Å². The topological polar surface area (TPSA) is 74.2 Å². The molecule has 0 radical (unpaired) electrons. The van der Waals surface area contributed by atoms with Gasteiger partial charge in [0.05, 0.1) is 6.04 Å². The van der Waals surface area contributed by atoms with Crippen LogP contribution in [0.15, 0.2) is 23.7 Å². The van der Waals surface area contributed by atoms with Gasteiger partial charge in [0, 0.05) is 22.6 Å². The molecular weight excluding hydrogens is 282 g/mol. The van der Waals surface area contributed by atoms with E-state index in [1.165, 1.54) is 11.3 Å². The van der Waals surface area contributed by atoms with Gasteiger partial charge in [0.25, 0.3) is 0 Å². The van der Waals surface area contributed by atoms with Crippen molar-refractivity contribution in [3.63, 3.8) is 0 Å². The number of carbonyl (C=O) groups excluding carboxylic acids is 1. The van der Waals surface area contributed by atoms with Crippen molar-refractivity contribution < 1.29 is 9.90 Å². The number of aryl methyl sites for hydroxylation is 1. The minimum absolute atomic E-state index is 0.0270. The van der Waals surface area contributed by atoms with Crippen LogP contribution >= 0.6 is 22.7 Å². The molecule has 1 atom stereocenters. The zero-order valence-corrected chi connectivity index (χ0v) is 12.1. The number of thiazole rings is 1. The summed E-state index contributed by atoms with van der Waals surface area (Å²) in [6, 6.07) is 3.39. The molecule has 0 saturated carbocycles. The zero-order valence-electron chi connectivity index (χ0n) is 10.4. The number of carbonyl (C=O) groups is 1. The lowest BCUT2D eigenvalue weighted by molar-refractivity contribution is 0.239. The maximum Gasteiger partial charge on any atom is 0.321 e. The lowest BCUT2D eigenvalue weighted by Gasteiger charge is -2.16. The molecule has 5 nitrogen and oxygen atoms in total. The number of urea groups is 1. The highest BCUT2D eigenvalue weighted by atomic mass is 32.1. The first-order valence-corrected chi connectivity index (χ1v) is 7.53. The summed E-state index contributed by atoms with van der Waals surface area (Å²) in [6.07, 6.45) is 2.20. The molecule has 0 bridgehead atoms. The van der Waals surface area contributed by atoms with Crippen LogP contribution in [0.25, 0.3) is 0 Å². The maximum absolute atomic E-state index is 11.9. The van der Waals surface area contributed by atoms with Crippen LogP contribution < -0.4 is 10.6 Å². The molecule has 7 heteroatoms. The van der Waals surface area contributed by atoms with Crippen LogP contribution in [0.5, 0.6) is 0 Å². The molecule has 102 valence electrons. The third-order valence-electron chi connectivity index (χ3n) is 2.45. The molecule has 3 N–H and O–H groups in total. The third-order valence-corrected chi connectivity index (χ3v) is 4.27. The highest BCUT2D eigenvalue weighted by Crippen LogP contribution is 2.22. The summed E-state index contributed by atoms with van der Waals surface area (Å²) in [6.45, 7) is 1.96. The number of anilines is 1. The molecule has 0 aliphatic carbocycles. The van der Waals surface area contributed by atoms with E-state index in [4.69, 9.17) is 5.11 Å². The second-order valence-electron chi connectivity index (χ2n) is 3.95. The molecule has 19 heavy (non-hydrogen) atoms. The lowest BCUT2D eigenvalue weighted by atomic mass is 10.2. The SMILES string of the molecule is Cc1cnc(NC(=O)N[C@@H](CCO)c2cccs2)s1. The van der Waals surface area contributed by atoms with E-state index in [1.54, 1.807) is 17.5 Å². The van der Waals surface area contributed by atoms with Crippen molar-refractivity contribution >= 4 is 33.8 Å². The van der Waals surface area contributed by atoms with Gasteiger partial charge in [-0.25, -0.2) is 9.78 Å². The van der Waals surface area contributed by atoms with Crippen LogP contribution in [-0.4, -0.2) is 22.7 Å². The van der Waals surface area contributed by atoms with Gasteiger partial charge in [0.2, 0.25) is 0 Å². The molecule has 2 rings (SSSR count). The summed E-state index contributed by atoms with van der Waals surface area (Å²) >= 11 is 2.98. The molecule has 0 spiro atoms. The Morgan fingerprint density at radius 2 is 2.42 bits per heavy atom. The summed E-state index contributed by atoms with van der Waals surface area (Å²) in [5, 5.41) is 17.1. The minimum atomic E-state index is -0.304. The van der Waals surface area contributed by atoms with Crippen LogP contribution in [0.4, 0.5) is 9.93 Å². The van der Waals surface area contributed by atoms with E-state index in [9.17, 15) is 4.79 Å². The molecular formula is C12H15N3O2S2. The van der Waals surface area contributed by atoms with Gasteiger partial charge in [-0.3, -0.25) is 5.32 Å². The summed E-state index contributed by atoms with van der Waals surface area (Å²) in [7, 11) is 0. The second kappa shape index (κ2) is 6.65. The molecule has 2 aromatic heterocycles. The summed E-state index contributed by atoms with van der Waals surface area (Å²) in [5.74, 6) is 0. The molecule has 0 aliphatic rings. The normalized spacial score (nSPS) is 12.1. The fraction of sp³-hybridized carbons (Fsp3) is 0.333. The number of aliphatic hydroxyl groups is 1. The molecule has 2 amide bonds. The predicted molar refractivity (Wildman–Crippen MR) is 77.8 cm³/mol. The van der Waals surface area contributed by atoms with Crippen molar-refractivity contribution in [3.05, 3.63) is 33.5 Å². The number of nitrogens with one attached hydrogen (secondary N) is 2. The Kier molecular flexibility index (Phi) is 4.89. The van der Waals surface area contributed by atoms with Gasteiger partial charge < -0.3 is 10.4 Å². The van der Waals surface area contributed by atoms with Gasteiger partial charge >= 0.3 is 6.03 Å². The van der Waals surface area contributed by atoms with Gasteiger partial charge in [-0.2, -0.15) is 0 Å². The number of thiophene rings is 1. The fourth-order valence-corrected chi connectivity index (χ4v) is 3.08. The van der Waals surface area contributed by atoms with E-state index in [-0.39, 0.29) is 18.7 Å². The summed E-state index contributed by atoms with van der Waals surface area (Å²) in [4.78, 5) is 18.0. The Balaban J connectivity index is 1.95. The first-order chi connectivity index (χ1) is 9.19. The molecule has 0 saturated heterocycles. The van der Waals surface area contributed by atoms with E-state index in [2.05, 4.69) is 15.6 Å². The molecule has 0 fully saturated rings. The quantitative estimate of drug-likeness (QED) is 0.794. The maximum atomic E-state index is 11.9. The number of nitrogens with zero attached hydrogens (tertiary/aromatic N) is 1. The second-order valence-corrected chi connectivity index (χ2v) is 6.17. The van der Waals surface area contributed by atoms with E-state index in [0.29, 0.717) is 11.6 Å². The summed E-state index contributed by atoms with van der Waals surface area (Å²) < 4.78 is 0. The third kappa shape index (κ3) is 4.02.